The molecule has 0 saturated carbocycles. The molecule has 8 nitrogen and oxygen atoms in total. The molecule has 2 aromatic heterocycles. The Bertz CT molecular complexity index is 1080. The number of pyridine rings is 1. The first kappa shape index (κ1) is 19.7. The van der Waals surface area contributed by atoms with E-state index in [0.717, 1.165) is 17.0 Å². The van der Waals surface area contributed by atoms with Gasteiger partial charge >= 0.3 is 0 Å². The third-order valence-electron chi connectivity index (χ3n) is 4.44. The van der Waals surface area contributed by atoms with Crippen LogP contribution in [0.4, 0.5) is 11.5 Å². The molecule has 0 atom stereocenters. The Labute approximate surface area is 164 Å². The van der Waals surface area contributed by atoms with E-state index in [-0.39, 0.29) is 4.90 Å². The first-order chi connectivity index (χ1) is 13.3. The summed E-state index contributed by atoms with van der Waals surface area (Å²) in [5, 5.41) is 7.39. The number of rotatable bonds is 7. The zero-order valence-electron chi connectivity index (χ0n) is 16.2. The summed E-state index contributed by atoms with van der Waals surface area (Å²) in [5.41, 5.74) is 2.82. The molecule has 2 heterocycles. The molecule has 28 heavy (non-hydrogen) atoms. The van der Waals surface area contributed by atoms with E-state index >= 15 is 0 Å². The molecule has 0 aliphatic heterocycles. The summed E-state index contributed by atoms with van der Waals surface area (Å²) in [7, 11) is -0.365. The Balaban J connectivity index is 1.72. The largest absolute Gasteiger partial charge is 0.496 e. The highest BCUT2D eigenvalue weighted by molar-refractivity contribution is 7.92. The van der Waals surface area contributed by atoms with E-state index in [1.807, 2.05) is 24.3 Å². The number of anilines is 2. The van der Waals surface area contributed by atoms with Crippen molar-refractivity contribution >= 4 is 21.5 Å². The standard InChI is InChI=1S/C19H23N5O3S/c1-13-19(14(2)24(3)22-13)23-28(25,26)16-9-10-18(21-12-16)20-11-15-7-5-6-8-17(15)27-4/h5-10,12,23H,11H2,1-4H3,(H,20,21). The normalized spacial score (nSPS) is 11.3. The lowest BCUT2D eigenvalue weighted by atomic mass is 10.2. The van der Waals surface area contributed by atoms with E-state index in [2.05, 4.69) is 20.1 Å². The van der Waals surface area contributed by atoms with Crippen molar-refractivity contribution < 1.29 is 13.2 Å². The lowest BCUT2D eigenvalue weighted by molar-refractivity contribution is 0.410. The number of aromatic nitrogens is 3. The number of nitrogens with one attached hydrogen (secondary N) is 2. The van der Waals surface area contributed by atoms with Crippen molar-refractivity contribution in [2.45, 2.75) is 25.3 Å². The Hall–Kier alpha value is -3.07. The zero-order chi connectivity index (χ0) is 20.3. The van der Waals surface area contributed by atoms with Gasteiger partial charge in [-0.1, -0.05) is 18.2 Å². The van der Waals surface area contributed by atoms with Crippen LogP contribution in [0.2, 0.25) is 0 Å². The molecule has 148 valence electrons. The second-order valence-electron chi connectivity index (χ2n) is 6.32. The maximum atomic E-state index is 12.7. The molecule has 0 unspecified atom stereocenters. The molecule has 3 rings (SSSR count). The molecule has 1 aromatic carbocycles. The van der Waals surface area contributed by atoms with Gasteiger partial charge in [0.1, 0.15) is 16.5 Å². The SMILES string of the molecule is COc1ccccc1CNc1ccc(S(=O)(=O)Nc2c(C)nn(C)c2C)cn1. The number of para-hydroxylation sites is 1. The Kier molecular flexibility index (Phi) is 5.55. The molecule has 0 fully saturated rings. The summed E-state index contributed by atoms with van der Waals surface area (Å²) in [6.45, 7) is 4.07. The van der Waals surface area contributed by atoms with E-state index in [1.54, 1.807) is 38.8 Å². The van der Waals surface area contributed by atoms with E-state index < -0.39 is 10.0 Å². The predicted molar refractivity (Wildman–Crippen MR) is 108 cm³/mol. The van der Waals surface area contributed by atoms with E-state index in [4.69, 9.17) is 4.74 Å². The van der Waals surface area contributed by atoms with Gasteiger partial charge in [-0.05, 0) is 32.0 Å². The van der Waals surface area contributed by atoms with Crippen molar-refractivity contribution in [3.63, 3.8) is 0 Å². The number of hydrogen-bond donors (Lipinski definition) is 2. The number of methoxy groups -OCH3 is 1. The van der Waals surface area contributed by atoms with Gasteiger partial charge in [0.15, 0.2) is 0 Å². The zero-order valence-corrected chi connectivity index (χ0v) is 17.0. The number of nitrogens with zero attached hydrogens (tertiary/aromatic N) is 3. The van der Waals surface area contributed by atoms with Gasteiger partial charge in [0.05, 0.1) is 24.2 Å². The van der Waals surface area contributed by atoms with Crippen molar-refractivity contribution in [3.8, 4) is 5.75 Å². The average Bonchev–Trinajstić information content (AvgIpc) is 2.92. The second-order valence-corrected chi connectivity index (χ2v) is 8.00. The Morgan fingerprint density at radius 2 is 1.89 bits per heavy atom. The lowest BCUT2D eigenvalue weighted by Gasteiger charge is -2.11. The Morgan fingerprint density at radius 3 is 2.50 bits per heavy atom. The van der Waals surface area contributed by atoms with Crippen molar-refractivity contribution in [2.75, 3.05) is 17.1 Å². The van der Waals surface area contributed by atoms with Crippen molar-refractivity contribution in [1.29, 1.82) is 0 Å². The van der Waals surface area contributed by atoms with Crippen LogP contribution in [0.15, 0.2) is 47.5 Å². The van der Waals surface area contributed by atoms with Crippen LogP contribution in [0.25, 0.3) is 0 Å². The molecule has 0 bridgehead atoms. The predicted octanol–water partition coefficient (Wildman–Crippen LogP) is 2.85. The number of ether oxygens (including phenoxy) is 1. The summed E-state index contributed by atoms with van der Waals surface area (Å²) in [6, 6.07) is 10.8. The third-order valence-corrected chi connectivity index (χ3v) is 5.78. The first-order valence-electron chi connectivity index (χ1n) is 8.66. The smallest absolute Gasteiger partial charge is 0.263 e. The molecular formula is C19H23N5O3S. The number of benzene rings is 1. The van der Waals surface area contributed by atoms with Crippen molar-refractivity contribution in [2.24, 2.45) is 7.05 Å². The van der Waals surface area contributed by atoms with Crippen LogP contribution in [0.1, 0.15) is 17.0 Å². The molecule has 0 aliphatic carbocycles. The van der Waals surface area contributed by atoms with Gasteiger partial charge in [-0.25, -0.2) is 13.4 Å². The minimum Gasteiger partial charge on any atom is -0.496 e. The minimum atomic E-state index is -3.75. The molecule has 0 saturated heterocycles. The minimum absolute atomic E-state index is 0.0815. The Morgan fingerprint density at radius 1 is 1.14 bits per heavy atom. The monoisotopic (exact) mass is 401 g/mol. The van der Waals surface area contributed by atoms with Gasteiger partial charge in [-0.3, -0.25) is 9.40 Å². The van der Waals surface area contributed by atoms with Crippen LogP contribution in [0.3, 0.4) is 0 Å². The molecule has 3 aromatic rings. The van der Waals surface area contributed by atoms with Gasteiger partial charge in [-0.15, -0.1) is 0 Å². The number of aryl methyl sites for hydroxylation is 2. The highest BCUT2D eigenvalue weighted by Gasteiger charge is 2.19. The molecule has 0 spiro atoms. The first-order valence-corrected chi connectivity index (χ1v) is 10.1. The maximum absolute atomic E-state index is 12.7. The maximum Gasteiger partial charge on any atom is 0.263 e. The molecule has 9 heteroatoms. The molecule has 2 N–H and O–H groups in total. The van der Waals surface area contributed by atoms with Crippen LogP contribution in [-0.4, -0.2) is 30.3 Å². The molecular weight excluding hydrogens is 378 g/mol. The van der Waals surface area contributed by atoms with Gasteiger partial charge < -0.3 is 10.1 Å². The summed E-state index contributed by atoms with van der Waals surface area (Å²) >= 11 is 0. The van der Waals surface area contributed by atoms with Crippen molar-refractivity contribution in [1.82, 2.24) is 14.8 Å². The van der Waals surface area contributed by atoms with E-state index in [0.29, 0.717) is 23.7 Å². The quantitative estimate of drug-likeness (QED) is 0.632. The second kappa shape index (κ2) is 7.89. The topological polar surface area (TPSA) is 98.1 Å². The number of sulfonamides is 1. The highest BCUT2D eigenvalue weighted by atomic mass is 32.2. The average molecular weight is 401 g/mol. The van der Waals surface area contributed by atoms with E-state index in [9.17, 15) is 8.42 Å². The highest BCUT2D eigenvalue weighted by Crippen LogP contribution is 2.23. The van der Waals surface area contributed by atoms with E-state index in [1.165, 1.54) is 12.3 Å². The summed E-state index contributed by atoms with van der Waals surface area (Å²) in [6.07, 6.45) is 1.33. The number of hydrogen-bond acceptors (Lipinski definition) is 6. The van der Waals surface area contributed by atoms with Crippen LogP contribution in [0, 0.1) is 13.8 Å². The van der Waals surface area contributed by atoms with Gasteiger partial charge in [0, 0.05) is 25.4 Å². The van der Waals surface area contributed by atoms with Gasteiger partial charge in [0.25, 0.3) is 10.0 Å². The third kappa shape index (κ3) is 4.09. The summed E-state index contributed by atoms with van der Waals surface area (Å²) in [4.78, 5) is 4.30. The molecule has 0 radical (unpaired) electrons. The van der Waals surface area contributed by atoms with Crippen molar-refractivity contribution in [3.05, 3.63) is 59.5 Å². The summed E-state index contributed by atoms with van der Waals surface area (Å²) in [5.74, 6) is 1.35. The molecule has 0 aliphatic rings. The van der Waals surface area contributed by atoms with Crippen LogP contribution < -0.4 is 14.8 Å². The summed E-state index contributed by atoms with van der Waals surface area (Å²) < 4.78 is 34.9. The lowest BCUT2D eigenvalue weighted by Crippen LogP contribution is -2.14. The molecule has 0 amide bonds. The van der Waals surface area contributed by atoms with Crippen LogP contribution in [-0.2, 0) is 23.6 Å². The van der Waals surface area contributed by atoms with Gasteiger partial charge in [-0.2, -0.15) is 5.10 Å². The van der Waals surface area contributed by atoms with Crippen LogP contribution in [0.5, 0.6) is 5.75 Å². The fourth-order valence-corrected chi connectivity index (χ4v) is 3.91. The fraction of sp³-hybridized carbons (Fsp3) is 0.263. The van der Waals surface area contributed by atoms with Crippen LogP contribution >= 0.6 is 0 Å². The fourth-order valence-electron chi connectivity index (χ4n) is 2.79. The van der Waals surface area contributed by atoms with Gasteiger partial charge in [0.2, 0.25) is 0 Å².